The number of halogens is 1. The lowest BCUT2D eigenvalue weighted by atomic mass is 10.1. The molecule has 0 spiro atoms. The van der Waals surface area contributed by atoms with Crippen molar-refractivity contribution < 1.29 is 9.53 Å². The molecular formula is C20H18ClNO2. The second-order valence-corrected chi connectivity index (χ2v) is 5.91. The van der Waals surface area contributed by atoms with Crippen LogP contribution in [0.2, 0.25) is 5.15 Å². The largest absolute Gasteiger partial charge is 0.462 e. The molecule has 2 heterocycles. The van der Waals surface area contributed by atoms with Gasteiger partial charge >= 0.3 is 5.97 Å². The molecule has 0 bridgehead atoms. The third-order valence-electron chi connectivity index (χ3n) is 3.75. The predicted molar refractivity (Wildman–Crippen MR) is 98.5 cm³/mol. The van der Waals surface area contributed by atoms with Crippen LogP contribution in [-0.2, 0) is 4.74 Å². The zero-order valence-electron chi connectivity index (χ0n) is 13.6. The first-order valence-corrected chi connectivity index (χ1v) is 8.20. The second-order valence-electron chi connectivity index (χ2n) is 5.52. The maximum Gasteiger partial charge on any atom is 0.340 e. The molecule has 0 unspecified atom stereocenters. The van der Waals surface area contributed by atoms with Crippen LogP contribution in [0.3, 0.4) is 0 Å². The maximum absolute atomic E-state index is 12.2. The molecule has 0 saturated carbocycles. The molecule has 122 valence electrons. The van der Waals surface area contributed by atoms with Crippen LogP contribution in [0, 0.1) is 6.92 Å². The summed E-state index contributed by atoms with van der Waals surface area (Å²) in [6, 6.07) is 15.5. The van der Waals surface area contributed by atoms with Gasteiger partial charge in [0.15, 0.2) is 0 Å². The first kappa shape index (κ1) is 16.3. The van der Waals surface area contributed by atoms with Crippen LogP contribution in [-0.4, -0.2) is 17.0 Å². The highest BCUT2D eigenvalue weighted by molar-refractivity contribution is 6.30. The van der Waals surface area contributed by atoms with Gasteiger partial charge in [0.2, 0.25) is 0 Å². The van der Waals surface area contributed by atoms with E-state index in [0.29, 0.717) is 17.3 Å². The number of carbonyl (C=O) groups is 1. The normalized spacial score (nSPS) is 11.3. The summed E-state index contributed by atoms with van der Waals surface area (Å²) in [6.45, 7) is 4.19. The molecule has 2 aromatic heterocycles. The van der Waals surface area contributed by atoms with E-state index in [0.717, 1.165) is 16.8 Å². The number of hydrogen-bond donors (Lipinski definition) is 0. The molecule has 0 N–H and O–H groups in total. The molecule has 3 nitrogen and oxygen atoms in total. The number of rotatable bonds is 4. The van der Waals surface area contributed by atoms with Crippen LogP contribution >= 0.6 is 11.6 Å². The van der Waals surface area contributed by atoms with Gasteiger partial charge in [0.25, 0.3) is 0 Å². The minimum absolute atomic E-state index is 0.338. The van der Waals surface area contributed by atoms with Crippen LogP contribution < -0.4 is 0 Å². The average molecular weight is 340 g/mol. The van der Waals surface area contributed by atoms with Gasteiger partial charge in [0.05, 0.1) is 17.7 Å². The zero-order chi connectivity index (χ0) is 17.1. The van der Waals surface area contributed by atoms with Gasteiger partial charge in [0, 0.05) is 5.69 Å². The minimum Gasteiger partial charge on any atom is -0.462 e. The Labute approximate surface area is 146 Å². The van der Waals surface area contributed by atoms with Crippen molar-refractivity contribution >= 4 is 35.2 Å². The van der Waals surface area contributed by atoms with E-state index in [9.17, 15) is 4.79 Å². The van der Waals surface area contributed by atoms with Crippen LogP contribution in [0.4, 0.5) is 0 Å². The number of nitrogens with zero attached hydrogens (tertiary/aromatic N) is 1. The van der Waals surface area contributed by atoms with E-state index in [4.69, 9.17) is 16.3 Å². The number of aryl methyl sites for hydroxylation is 1. The molecule has 1 aromatic carbocycles. The first-order chi connectivity index (χ1) is 11.6. The van der Waals surface area contributed by atoms with E-state index >= 15 is 0 Å². The zero-order valence-corrected chi connectivity index (χ0v) is 14.4. The summed E-state index contributed by atoms with van der Waals surface area (Å²) in [5.74, 6) is -0.340. The van der Waals surface area contributed by atoms with E-state index in [1.807, 2.05) is 46.9 Å². The van der Waals surface area contributed by atoms with Crippen molar-refractivity contribution in [3.63, 3.8) is 0 Å². The third-order valence-corrected chi connectivity index (χ3v) is 4.05. The molecule has 0 saturated heterocycles. The number of carbonyl (C=O) groups excluding carboxylic acids is 1. The summed E-state index contributed by atoms with van der Waals surface area (Å²) < 4.78 is 7.00. The molecule has 0 fully saturated rings. The summed E-state index contributed by atoms with van der Waals surface area (Å²) in [5, 5.41) is 0.548. The van der Waals surface area contributed by atoms with Gasteiger partial charge in [-0.1, -0.05) is 53.6 Å². The van der Waals surface area contributed by atoms with Gasteiger partial charge in [-0.2, -0.15) is 0 Å². The lowest BCUT2D eigenvalue weighted by molar-refractivity contribution is 0.0529. The standard InChI is InChI=1S/C20H18ClNO2/c1-3-24-20(23)17-13-16(22-18(17)8-5-9-19(22)21)11-10-15-7-4-6-14(2)12-15/h4-13H,3H2,1-2H3/b11-10+. The van der Waals surface area contributed by atoms with Crippen LogP contribution in [0.15, 0.2) is 48.5 Å². The van der Waals surface area contributed by atoms with E-state index in [2.05, 4.69) is 19.1 Å². The minimum atomic E-state index is -0.340. The Hall–Kier alpha value is -2.52. The lowest BCUT2D eigenvalue weighted by Crippen LogP contribution is -2.03. The lowest BCUT2D eigenvalue weighted by Gasteiger charge is -2.03. The number of hydrogen-bond acceptors (Lipinski definition) is 2. The number of esters is 1. The van der Waals surface area contributed by atoms with Crippen molar-refractivity contribution in [3.05, 3.63) is 76.1 Å². The number of aromatic nitrogens is 1. The number of benzene rings is 1. The van der Waals surface area contributed by atoms with Crippen molar-refractivity contribution in [2.24, 2.45) is 0 Å². The monoisotopic (exact) mass is 339 g/mol. The average Bonchev–Trinajstić information content (AvgIpc) is 2.93. The highest BCUT2D eigenvalue weighted by Gasteiger charge is 2.16. The first-order valence-electron chi connectivity index (χ1n) is 7.82. The van der Waals surface area contributed by atoms with Gasteiger partial charge in [0.1, 0.15) is 5.15 Å². The number of ether oxygens (including phenoxy) is 1. The van der Waals surface area contributed by atoms with Crippen LogP contribution in [0.25, 0.3) is 17.7 Å². The van der Waals surface area contributed by atoms with E-state index < -0.39 is 0 Å². The fourth-order valence-electron chi connectivity index (χ4n) is 2.69. The Balaban J connectivity index is 2.09. The molecule has 3 rings (SSSR count). The highest BCUT2D eigenvalue weighted by Crippen LogP contribution is 2.24. The topological polar surface area (TPSA) is 30.7 Å². The van der Waals surface area contributed by atoms with Crippen molar-refractivity contribution in [2.45, 2.75) is 13.8 Å². The smallest absolute Gasteiger partial charge is 0.340 e. The van der Waals surface area contributed by atoms with Crippen molar-refractivity contribution in [3.8, 4) is 0 Å². The third kappa shape index (κ3) is 3.22. The number of pyridine rings is 1. The predicted octanol–water partition coefficient (Wildman–Crippen LogP) is 5.25. The fraction of sp³-hybridized carbons (Fsp3) is 0.150. The summed E-state index contributed by atoms with van der Waals surface area (Å²) >= 11 is 6.34. The Bertz CT molecular complexity index is 925. The molecule has 0 atom stereocenters. The van der Waals surface area contributed by atoms with Crippen molar-refractivity contribution in [2.75, 3.05) is 6.61 Å². The molecule has 0 aliphatic rings. The Morgan fingerprint density at radius 1 is 1.17 bits per heavy atom. The molecular weight excluding hydrogens is 322 g/mol. The van der Waals surface area contributed by atoms with Crippen molar-refractivity contribution in [1.29, 1.82) is 0 Å². The van der Waals surface area contributed by atoms with E-state index in [1.54, 1.807) is 13.0 Å². The SMILES string of the molecule is CCOC(=O)c1cc(/C=C/c2cccc(C)c2)n2c(Cl)cccc12. The van der Waals surface area contributed by atoms with Crippen LogP contribution in [0.5, 0.6) is 0 Å². The van der Waals surface area contributed by atoms with Gasteiger partial charge in [-0.15, -0.1) is 0 Å². The molecule has 0 aliphatic heterocycles. The Morgan fingerprint density at radius 2 is 1.96 bits per heavy atom. The van der Waals surface area contributed by atoms with Gasteiger partial charge in [-0.3, -0.25) is 4.40 Å². The van der Waals surface area contributed by atoms with E-state index in [-0.39, 0.29) is 5.97 Å². The summed E-state index contributed by atoms with van der Waals surface area (Å²) in [6.07, 6.45) is 3.96. The molecule has 3 aromatic rings. The van der Waals surface area contributed by atoms with E-state index in [1.165, 1.54) is 5.56 Å². The Morgan fingerprint density at radius 3 is 2.71 bits per heavy atom. The molecule has 0 amide bonds. The molecule has 4 heteroatoms. The second kappa shape index (κ2) is 6.93. The number of fused-ring (bicyclic) bond motifs is 1. The summed E-state index contributed by atoms with van der Waals surface area (Å²) in [7, 11) is 0. The van der Waals surface area contributed by atoms with Crippen molar-refractivity contribution in [1.82, 2.24) is 4.40 Å². The van der Waals surface area contributed by atoms with Gasteiger partial charge in [-0.05, 0) is 43.7 Å². The molecule has 0 aliphatic carbocycles. The highest BCUT2D eigenvalue weighted by atomic mass is 35.5. The molecule has 24 heavy (non-hydrogen) atoms. The fourth-order valence-corrected chi connectivity index (χ4v) is 2.95. The maximum atomic E-state index is 12.2. The quantitative estimate of drug-likeness (QED) is 0.480. The van der Waals surface area contributed by atoms with Crippen LogP contribution in [0.1, 0.15) is 34.1 Å². The summed E-state index contributed by atoms with van der Waals surface area (Å²) in [4.78, 5) is 12.2. The molecule has 0 radical (unpaired) electrons. The van der Waals surface area contributed by atoms with Gasteiger partial charge in [-0.25, -0.2) is 4.79 Å². The van der Waals surface area contributed by atoms with Gasteiger partial charge < -0.3 is 4.74 Å². The summed E-state index contributed by atoms with van der Waals surface area (Å²) in [5.41, 5.74) is 4.38. The Kier molecular flexibility index (Phi) is 4.72.